The van der Waals surface area contributed by atoms with E-state index in [1.807, 2.05) is 37.3 Å². The second-order valence-corrected chi connectivity index (χ2v) is 6.73. The molecule has 1 aromatic rings. The highest BCUT2D eigenvalue weighted by Gasteiger charge is 2.34. The van der Waals surface area contributed by atoms with E-state index >= 15 is 0 Å². The topological polar surface area (TPSA) is 50.4 Å². The molecule has 0 saturated carbocycles. The molecule has 1 aromatic carbocycles. The van der Waals surface area contributed by atoms with Gasteiger partial charge in [0.15, 0.2) is 0 Å². The Hall–Kier alpha value is -1.55. The smallest absolute Gasteiger partial charge is 0.220 e. The molecule has 4 nitrogen and oxygen atoms in total. The fourth-order valence-corrected chi connectivity index (χ4v) is 3.71. The van der Waals surface area contributed by atoms with Crippen LogP contribution in [-0.4, -0.2) is 30.6 Å². The summed E-state index contributed by atoms with van der Waals surface area (Å²) in [5.74, 6) is 1.55. The van der Waals surface area contributed by atoms with Gasteiger partial charge in [-0.2, -0.15) is 0 Å². The Labute approximate surface area is 132 Å². The lowest BCUT2D eigenvalue weighted by atomic mass is 9.89. The number of nitrogens with one attached hydrogen (secondary N) is 2. The lowest BCUT2D eigenvalue weighted by Crippen LogP contribution is -2.40. The first-order chi connectivity index (χ1) is 10.7. The zero-order valence-corrected chi connectivity index (χ0v) is 13.3. The molecule has 2 saturated heterocycles. The number of benzene rings is 1. The van der Waals surface area contributed by atoms with Crippen LogP contribution in [0.1, 0.15) is 39.0 Å². The van der Waals surface area contributed by atoms with Crippen LogP contribution in [-0.2, 0) is 4.79 Å². The number of carbonyl (C=O) groups excluding carboxylic acids is 1. The minimum atomic E-state index is -0.0180. The van der Waals surface area contributed by atoms with Crippen molar-refractivity contribution in [3.8, 4) is 5.75 Å². The summed E-state index contributed by atoms with van der Waals surface area (Å²) < 4.78 is 5.77. The minimum Gasteiger partial charge on any atom is -0.489 e. The summed E-state index contributed by atoms with van der Waals surface area (Å²) in [7, 11) is 0. The molecular weight excluding hydrogens is 276 g/mol. The Morgan fingerprint density at radius 2 is 1.95 bits per heavy atom. The van der Waals surface area contributed by atoms with Crippen LogP contribution in [0.4, 0.5) is 0 Å². The Kier molecular flexibility index (Phi) is 4.98. The number of hydrogen-bond acceptors (Lipinski definition) is 3. The molecule has 1 amide bonds. The largest absolute Gasteiger partial charge is 0.489 e. The fourth-order valence-electron chi connectivity index (χ4n) is 3.71. The first-order valence-corrected chi connectivity index (χ1v) is 8.43. The summed E-state index contributed by atoms with van der Waals surface area (Å²) in [6, 6.07) is 11.0. The Balaban J connectivity index is 1.37. The Morgan fingerprint density at radius 1 is 1.27 bits per heavy atom. The van der Waals surface area contributed by atoms with Gasteiger partial charge in [0.1, 0.15) is 11.9 Å². The number of fused-ring (bicyclic) bond motifs is 2. The van der Waals surface area contributed by atoms with Crippen molar-refractivity contribution in [3.63, 3.8) is 0 Å². The molecule has 3 rings (SSSR count). The summed E-state index contributed by atoms with van der Waals surface area (Å²) in [6.45, 7) is 2.55. The molecule has 22 heavy (non-hydrogen) atoms. The van der Waals surface area contributed by atoms with E-state index in [9.17, 15) is 4.79 Å². The highest BCUT2D eigenvalue weighted by molar-refractivity contribution is 5.76. The van der Waals surface area contributed by atoms with Crippen molar-refractivity contribution in [1.82, 2.24) is 10.6 Å². The molecule has 0 radical (unpaired) electrons. The van der Waals surface area contributed by atoms with Crippen LogP contribution in [0.25, 0.3) is 0 Å². The van der Waals surface area contributed by atoms with Gasteiger partial charge < -0.3 is 15.4 Å². The predicted octanol–water partition coefficient (Wildman–Crippen LogP) is 2.49. The summed E-state index contributed by atoms with van der Waals surface area (Å²) in [4.78, 5) is 12.1. The van der Waals surface area contributed by atoms with Crippen LogP contribution in [0.15, 0.2) is 30.3 Å². The molecule has 2 heterocycles. The van der Waals surface area contributed by atoms with Crippen LogP contribution in [0.2, 0.25) is 0 Å². The molecule has 4 heteroatoms. The Morgan fingerprint density at radius 3 is 2.64 bits per heavy atom. The molecular formula is C18H26N2O2. The first-order valence-electron chi connectivity index (χ1n) is 8.43. The van der Waals surface area contributed by atoms with Crippen LogP contribution >= 0.6 is 0 Å². The molecule has 2 bridgehead atoms. The van der Waals surface area contributed by atoms with Crippen LogP contribution in [0.3, 0.4) is 0 Å². The average molecular weight is 302 g/mol. The molecule has 0 aliphatic carbocycles. The van der Waals surface area contributed by atoms with Crippen LogP contribution in [0.5, 0.6) is 5.75 Å². The number of hydrogen-bond donors (Lipinski definition) is 2. The van der Waals surface area contributed by atoms with Crippen LogP contribution < -0.4 is 15.4 Å². The summed E-state index contributed by atoms with van der Waals surface area (Å²) >= 11 is 0. The van der Waals surface area contributed by atoms with Gasteiger partial charge in [0.25, 0.3) is 0 Å². The average Bonchev–Trinajstić information content (AvgIpc) is 2.85. The van der Waals surface area contributed by atoms with Gasteiger partial charge in [0, 0.05) is 18.5 Å². The van der Waals surface area contributed by atoms with Gasteiger partial charge in [-0.25, -0.2) is 0 Å². The van der Waals surface area contributed by atoms with Crippen molar-refractivity contribution >= 4 is 5.91 Å². The van der Waals surface area contributed by atoms with Gasteiger partial charge in [0.05, 0.1) is 6.54 Å². The van der Waals surface area contributed by atoms with Crippen molar-refractivity contribution in [1.29, 1.82) is 0 Å². The van der Waals surface area contributed by atoms with Gasteiger partial charge in [-0.05, 0) is 50.7 Å². The molecule has 120 valence electrons. The van der Waals surface area contributed by atoms with Gasteiger partial charge in [0.2, 0.25) is 5.91 Å². The van der Waals surface area contributed by atoms with E-state index in [1.165, 1.54) is 12.8 Å². The minimum absolute atomic E-state index is 0.0180. The third-order valence-corrected chi connectivity index (χ3v) is 4.71. The normalized spacial score (nSPS) is 28.1. The molecule has 3 atom stereocenters. The van der Waals surface area contributed by atoms with Gasteiger partial charge in [-0.3, -0.25) is 4.79 Å². The third kappa shape index (κ3) is 4.23. The number of ether oxygens (including phenoxy) is 1. The summed E-state index contributed by atoms with van der Waals surface area (Å²) in [5, 5.41) is 6.64. The second kappa shape index (κ2) is 7.14. The molecule has 0 spiro atoms. The molecule has 2 aliphatic heterocycles. The van der Waals surface area contributed by atoms with E-state index in [-0.39, 0.29) is 12.0 Å². The third-order valence-electron chi connectivity index (χ3n) is 4.71. The number of piperidine rings is 1. The van der Waals surface area contributed by atoms with Crippen molar-refractivity contribution in [2.75, 3.05) is 6.54 Å². The van der Waals surface area contributed by atoms with E-state index in [2.05, 4.69) is 10.6 Å². The standard InChI is InChI=1S/C18H26N2O2/c1-13(22-17-5-3-2-4-6-17)12-19-18(21)11-14-9-15-7-8-16(10-14)20-15/h2-6,13-16,20H,7-12H2,1H3,(H,19,21). The summed E-state index contributed by atoms with van der Waals surface area (Å²) in [6.07, 6.45) is 5.51. The van der Waals surface area contributed by atoms with Crippen LogP contribution in [0, 0.1) is 5.92 Å². The fraction of sp³-hybridized carbons (Fsp3) is 0.611. The quantitative estimate of drug-likeness (QED) is 0.849. The lowest BCUT2D eigenvalue weighted by molar-refractivity contribution is -0.122. The highest BCUT2D eigenvalue weighted by atomic mass is 16.5. The van der Waals surface area contributed by atoms with Gasteiger partial charge >= 0.3 is 0 Å². The van der Waals surface area contributed by atoms with Crippen molar-refractivity contribution in [3.05, 3.63) is 30.3 Å². The molecule has 2 aliphatic rings. The summed E-state index contributed by atoms with van der Waals surface area (Å²) in [5.41, 5.74) is 0. The second-order valence-electron chi connectivity index (χ2n) is 6.73. The lowest BCUT2D eigenvalue weighted by Gasteiger charge is -2.28. The maximum Gasteiger partial charge on any atom is 0.220 e. The van der Waals surface area contributed by atoms with Crippen molar-refractivity contribution in [2.45, 2.75) is 57.2 Å². The zero-order chi connectivity index (χ0) is 15.4. The number of amides is 1. The maximum absolute atomic E-state index is 12.1. The van der Waals surface area contributed by atoms with E-state index < -0.39 is 0 Å². The number of para-hydroxylation sites is 1. The van der Waals surface area contributed by atoms with E-state index in [0.29, 0.717) is 31.0 Å². The molecule has 3 unspecified atom stereocenters. The van der Waals surface area contributed by atoms with E-state index in [0.717, 1.165) is 18.6 Å². The van der Waals surface area contributed by atoms with Gasteiger partial charge in [-0.1, -0.05) is 18.2 Å². The van der Waals surface area contributed by atoms with Crippen molar-refractivity contribution < 1.29 is 9.53 Å². The monoisotopic (exact) mass is 302 g/mol. The highest BCUT2D eigenvalue weighted by Crippen LogP contribution is 2.32. The van der Waals surface area contributed by atoms with E-state index in [1.54, 1.807) is 0 Å². The zero-order valence-electron chi connectivity index (χ0n) is 13.3. The number of rotatable bonds is 6. The van der Waals surface area contributed by atoms with Gasteiger partial charge in [-0.15, -0.1) is 0 Å². The SMILES string of the molecule is CC(CNC(=O)CC1CC2CCC(C1)N2)Oc1ccccc1. The number of carbonyl (C=O) groups is 1. The maximum atomic E-state index is 12.1. The Bertz CT molecular complexity index is 479. The van der Waals surface area contributed by atoms with Crippen molar-refractivity contribution in [2.24, 2.45) is 5.92 Å². The first kappa shape index (κ1) is 15.3. The molecule has 0 aromatic heterocycles. The predicted molar refractivity (Wildman–Crippen MR) is 86.8 cm³/mol. The molecule has 2 fully saturated rings. The molecule has 2 N–H and O–H groups in total. The van der Waals surface area contributed by atoms with E-state index in [4.69, 9.17) is 4.74 Å².